The molecule has 0 aliphatic heterocycles. The molecule has 0 atom stereocenters. The quantitative estimate of drug-likeness (QED) is 0.0631. The molecular weight excluding hydrogens is 950 g/mol. The number of ketones is 1. The smallest absolute Gasteiger partial charge is 0.372 e. The summed E-state index contributed by atoms with van der Waals surface area (Å²) in [6, 6.07) is 9.78. The molecule has 0 aromatic carbocycles. The maximum absolute atomic E-state index is 12.6. The van der Waals surface area contributed by atoms with Crippen molar-refractivity contribution < 1.29 is 24.2 Å². The number of carboxylic acids is 1. The van der Waals surface area contributed by atoms with Crippen molar-refractivity contribution in [1.29, 1.82) is 0 Å². The number of nitrogens with zero attached hydrogens (tertiary/aromatic N) is 6. The lowest BCUT2D eigenvalue weighted by molar-refractivity contribution is 0.0608. The van der Waals surface area contributed by atoms with Crippen LogP contribution in [0.2, 0.25) is 51.4 Å². The number of carboxylic acid groups (broad SMARTS) is 1. The molecule has 18 heteroatoms. The number of halogens is 4. The van der Waals surface area contributed by atoms with Crippen molar-refractivity contribution >= 4 is 91.6 Å². The topological polar surface area (TPSA) is 160 Å². The van der Waals surface area contributed by atoms with Gasteiger partial charge in [-0.3, -0.25) is 23.9 Å². The van der Waals surface area contributed by atoms with E-state index in [4.69, 9.17) is 20.3 Å². The summed E-state index contributed by atoms with van der Waals surface area (Å²) < 4.78 is 17.0. The number of pyridine rings is 2. The van der Waals surface area contributed by atoms with Crippen LogP contribution in [0.25, 0.3) is 0 Å². The lowest BCUT2D eigenvalue weighted by Gasteiger charge is -2.16. The van der Waals surface area contributed by atoms with E-state index in [1.54, 1.807) is 29.4 Å². The summed E-state index contributed by atoms with van der Waals surface area (Å²) in [6.45, 7) is 16.2. The molecule has 12 nitrogen and oxygen atoms in total. The van der Waals surface area contributed by atoms with Gasteiger partial charge in [0.1, 0.15) is 31.9 Å². The first-order valence-electron chi connectivity index (χ1n) is 16.2. The van der Waals surface area contributed by atoms with Gasteiger partial charge < -0.3 is 20.3 Å². The second-order valence-electron chi connectivity index (χ2n) is 13.7. The summed E-state index contributed by atoms with van der Waals surface area (Å²) in [4.78, 5) is 39.7. The van der Waals surface area contributed by atoms with Crippen molar-refractivity contribution in [2.45, 2.75) is 84.2 Å². The summed E-state index contributed by atoms with van der Waals surface area (Å²) in [5.41, 5.74) is 7.54. The van der Waals surface area contributed by atoms with E-state index in [1.165, 1.54) is 4.57 Å². The first-order chi connectivity index (χ1) is 23.9. The lowest BCUT2D eigenvalue weighted by atomic mass is 10.1. The molecule has 0 bridgehead atoms. The fourth-order valence-corrected chi connectivity index (χ4v) is 6.92. The number of rotatable bonds is 16. The van der Waals surface area contributed by atoms with Gasteiger partial charge in [0.25, 0.3) is 0 Å². The third-order valence-electron chi connectivity index (χ3n) is 6.98. The van der Waals surface area contributed by atoms with E-state index >= 15 is 0 Å². The summed E-state index contributed by atoms with van der Waals surface area (Å²) in [7, 11) is -2.26. The number of carbonyl (C=O) groups is 2. The minimum Gasteiger partial charge on any atom is -0.475 e. The second kappa shape index (κ2) is 22.3. The molecular formula is C33H47Br4N7O5Si2. The number of hydrogen-bond acceptors (Lipinski definition) is 9. The van der Waals surface area contributed by atoms with Gasteiger partial charge in [-0.1, -0.05) is 39.3 Å². The van der Waals surface area contributed by atoms with Gasteiger partial charge in [0, 0.05) is 67.1 Å². The molecule has 0 aliphatic carbocycles. The molecule has 3 N–H and O–H groups in total. The largest absolute Gasteiger partial charge is 0.475 e. The number of hydrogen-bond donors (Lipinski definition) is 2. The van der Waals surface area contributed by atoms with Crippen molar-refractivity contribution in [3.05, 3.63) is 90.2 Å². The van der Waals surface area contributed by atoms with Crippen LogP contribution >= 0.6 is 63.7 Å². The Bertz CT molecular complexity index is 1670. The van der Waals surface area contributed by atoms with Gasteiger partial charge in [-0.25, -0.2) is 14.8 Å². The van der Waals surface area contributed by atoms with Gasteiger partial charge in [-0.05, 0) is 118 Å². The average Bonchev–Trinajstić information content (AvgIpc) is 3.53. The number of ether oxygens (including phenoxy) is 2. The molecule has 280 valence electrons. The van der Waals surface area contributed by atoms with E-state index in [0.29, 0.717) is 59.0 Å². The molecule has 0 fully saturated rings. The van der Waals surface area contributed by atoms with Gasteiger partial charge in [0.15, 0.2) is 11.6 Å². The molecule has 4 rings (SSSR count). The molecule has 0 saturated heterocycles. The van der Waals surface area contributed by atoms with E-state index in [0.717, 1.165) is 27.8 Å². The number of Topliss-reactive ketones (excluding diaryl/α,β-unsaturated/α-hetero) is 1. The molecule has 0 amide bonds. The van der Waals surface area contributed by atoms with Crippen molar-refractivity contribution in [2.24, 2.45) is 5.73 Å². The van der Waals surface area contributed by atoms with Crippen LogP contribution in [-0.4, -0.2) is 75.3 Å². The summed E-state index contributed by atoms with van der Waals surface area (Å²) in [5, 5.41) is 9.02. The maximum atomic E-state index is 12.6. The van der Waals surface area contributed by atoms with E-state index in [-0.39, 0.29) is 18.3 Å². The standard InChI is InChI=1S/C17H23Br2N3O2Si.C10H16Br2N2O3Si.C6H8N2/c1-25(2,3)11-10-24-12-22-16(19)15(18)21-17(22)14(23)5-4-13-6-8-20-9-7-13;1-18(2,3)5-4-17-6-14-8(12)7(11)13-9(14)10(15)16;7-5-6-1-3-8-4-2-6/h6-9H,4-5,10-12H2,1-3H3;4-6H2,1-3H3,(H,15,16);1-4H,5,7H2. The number of imidazole rings is 2. The summed E-state index contributed by atoms with van der Waals surface area (Å²) in [6.07, 6.45) is 8.01. The van der Waals surface area contributed by atoms with Crippen LogP contribution < -0.4 is 5.73 Å². The molecule has 0 unspecified atom stereocenters. The summed E-state index contributed by atoms with van der Waals surface area (Å²) >= 11 is 13.3. The van der Waals surface area contributed by atoms with Crippen LogP contribution in [0.1, 0.15) is 38.8 Å². The Kier molecular flexibility index (Phi) is 19.8. The van der Waals surface area contributed by atoms with E-state index in [9.17, 15) is 9.59 Å². The van der Waals surface area contributed by atoms with Crippen molar-refractivity contribution in [3.8, 4) is 0 Å². The lowest BCUT2D eigenvalue weighted by Crippen LogP contribution is -2.22. The van der Waals surface area contributed by atoms with Crippen LogP contribution in [0.4, 0.5) is 0 Å². The fraction of sp³-hybridized carbons (Fsp3) is 0.455. The number of aromatic nitrogens is 6. The average molecular weight is 998 g/mol. The van der Waals surface area contributed by atoms with Gasteiger partial charge in [0.05, 0.1) is 0 Å². The number of aryl methyl sites for hydroxylation is 1. The Labute approximate surface area is 335 Å². The van der Waals surface area contributed by atoms with Gasteiger partial charge >= 0.3 is 5.97 Å². The third kappa shape index (κ3) is 17.2. The molecule has 4 aromatic heterocycles. The monoisotopic (exact) mass is 993 g/mol. The summed E-state index contributed by atoms with van der Waals surface area (Å²) in [5.74, 6) is -0.699. The Balaban J connectivity index is 0.000000300. The van der Waals surface area contributed by atoms with Crippen molar-refractivity contribution in [2.75, 3.05) is 13.2 Å². The first kappa shape index (κ1) is 45.3. The van der Waals surface area contributed by atoms with E-state index in [1.807, 2.05) is 24.3 Å². The van der Waals surface area contributed by atoms with Gasteiger partial charge in [0.2, 0.25) is 5.82 Å². The molecule has 0 spiro atoms. The maximum Gasteiger partial charge on any atom is 0.372 e. The number of carbonyl (C=O) groups excluding carboxylic acids is 1. The zero-order valence-corrected chi connectivity index (χ0v) is 38.2. The predicted octanol–water partition coefficient (Wildman–Crippen LogP) is 8.89. The number of aromatic carboxylic acids is 1. The molecule has 51 heavy (non-hydrogen) atoms. The van der Waals surface area contributed by atoms with Gasteiger partial charge in [-0.2, -0.15) is 0 Å². The Morgan fingerprint density at radius 3 is 1.53 bits per heavy atom. The highest BCUT2D eigenvalue weighted by atomic mass is 79.9. The molecule has 4 heterocycles. The minimum absolute atomic E-state index is 0.00277. The SMILES string of the molecule is C[Si](C)(C)CCOCn1c(C(=O)CCc2ccncc2)nc(Br)c1Br.C[Si](C)(C)CCOCn1c(C(=O)O)nc(Br)c1Br.NCc1ccncc1. The highest BCUT2D eigenvalue weighted by molar-refractivity contribution is 9.13. The third-order valence-corrected chi connectivity index (χ3v) is 14.2. The van der Waals surface area contributed by atoms with E-state index in [2.05, 4.69) is 123 Å². The van der Waals surface area contributed by atoms with Crippen molar-refractivity contribution in [3.63, 3.8) is 0 Å². The zero-order chi connectivity index (χ0) is 38.2. The molecule has 0 aliphatic rings. The molecule has 0 saturated carbocycles. The Morgan fingerprint density at radius 2 is 1.14 bits per heavy atom. The highest BCUT2D eigenvalue weighted by Gasteiger charge is 2.21. The highest BCUT2D eigenvalue weighted by Crippen LogP contribution is 2.26. The first-order valence-corrected chi connectivity index (χ1v) is 26.7. The van der Waals surface area contributed by atoms with Crippen LogP contribution in [0.15, 0.2) is 67.5 Å². The van der Waals surface area contributed by atoms with Crippen molar-refractivity contribution in [1.82, 2.24) is 29.1 Å². The van der Waals surface area contributed by atoms with Crippen LogP contribution in [0.3, 0.4) is 0 Å². The van der Waals surface area contributed by atoms with Gasteiger partial charge in [-0.15, -0.1) is 0 Å². The zero-order valence-electron chi connectivity index (χ0n) is 29.8. The Morgan fingerprint density at radius 1 is 0.725 bits per heavy atom. The fourth-order valence-electron chi connectivity index (χ4n) is 3.93. The number of nitrogens with two attached hydrogens (primary N) is 1. The molecule has 4 aromatic rings. The van der Waals surface area contributed by atoms with Crippen LogP contribution in [0, 0.1) is 0 Å². The normalized spacial score (nSPS) is 11.4. The Hall–Kier alpha value is -1.91. The predicted molar refractivity (Wildman–Crippen MR) is 219 cm³/mol. The molecule has 0 radical (unpaired) electrons. The second-order valence-corrected chi connectivity index (χ2v) is 28.0. The van der Waals surface area contributed by atoms with E-state index < -0.39 is 22.1 Å². The van der Waals surface area contributed by atoms with Crippen LogP contribution in [-0.2, 0) is 35.9 Å². The minimum atomic E-state index is -1.13. The van der Waals surface area contributed by atoms with Crippen LogP contribution in [0.5, 0.6) is 0 Å².